The van der Waals surface area contributed by atoms with Crippen molar-refractivity contribution < 1.29 is 9.53 Å². The van der Waals surface area contributed by atoms with Crippen LogP contribution in [0.3, 0.4) is 0 Å². The largest absolute Gasteiger partial charge is 0.493 e. The van der Waals surface area contributed by atoms with Crippen LogP contribution in [-0.2, 0) is 6.42 Å². The van der Waals surface area contributed by atoms with Gasteiger partial charge < -0.3 is 15.0 Å². The number of fused-ring (bicyclic) bond motifs is 2. The van der Waals surface area contributed by atoms with Gasteiger partial charge in [-0.1, -0.05) is 30.4 Å². The van der Waals surface area contributed by atoms with E-state index in [0.717, 1.165) is 38.1 Å². The number of likely N-dealkylation sites (tertiary alicyclic amines) is 1. The number of benzene rings is 1. The average molecular weight is 312 g/mol. The fourth-order valence-electron chi connectivity index (χ4n) is 4.05. The summed E-state index contributed by atoms with van der Waals surface area (Å²) in [5, 5.41) is 3.12. The first-order valence-electron chi connectivity index (χ1n) is 8.68. The Morgan fingerprint density at radius 2 is 1.91 bits per heavy atom. The first kappa shape index (κ1) is 14.6. The van der Waals surface area contributed by atoms with Crippen LogP contribution in [0.5, 0.6) is 5.75 Å². The lowest BCUT2D eigenvalue weighted by atomic mass is 9.86. The van der Waals surface area contributed by atoms with Crippen LogP contribution in [0.1, 0.15) is 18.4 Å². The van der Waals surface area contributed by atoms with Gasteiger partial charge in [0.05, 0.1) is 6.61 Å². The molecule has 0 unspecified atom stereocenters. The summed E-state index contributed by atoms with van der Waals surface area (Å²) in [5.74, 6) is 2.68. The molecule has 0 aromatic heterocycles. The molecule has 2 aliphatic heterocycles. The summed E-state index contributed by atoms with van der Waals surface area (Å²) in [5.41, 5.74) is 1.25. The van der Waals surface area contributed by atoms with Crippen molar-refractivity contribution in [2.45, 2.75) is 19.3 Å². The zero-order valence-electron chi connectivity index (χ0n) is 13.4. The Morgan fingerprint density at radius 3 is 2.70 bits per heavy atom. The molecule has 2 heterocycles. The molecule has 4 rings (SSSR count). The Kier molecular flexibility index (Phi) is 3.98. The van der Waals surface area contributed by atoms with Gasteiger partial charge in [-0.15, -0.1) is 0 Å². The van der Waals surface area contributed by atoms with Crippen molar-refractivity contribution in [1.82, 2.24) is 10.2 Å². The molecular weight excluding hydrogens is 288 g/mol. The van der Waals surface area contributed by atoms with Crippen LogP contribution in [0.2, 0.25) is 0 Å². The van der Waals surface area contributed by atoms with Gasteiger partial charge in [0.25, 0.3) is 0 Å². The first-order valence-corrected chi connectivity index (χ1v) is 8.68. The number of rotatable bonds is 2. The van der Waals surface area contributed by atoms with Gasteiger partial charge in [0, 0.05) is 25.6 Å². The molecule has 4 heteroatoms. The predicted molar refractivity (Wildman–Crippen MR) is 89.5 cm³/mol. The minimum absolute atomic E-state index is 0.0956. The second-order valence-corrected chi connectivity index (χ2v) is 7.04. The molecular formula is C19H24N2O2. The van der Waals surface area contributed by atoms with E-state index >= 15 is 0 Å². The van der Waals surface area contributed by atoms with Crippen LogP contribution >= 0.6 is 0 Å². The fraction of sp³-hybridized carbons (Fsp3) is 0.526. The average Bonchev–Trinajstić information content (AvgIpc) is 3.04. The van der Waals surface area contributed by atoms with Crippen molar-refractivity contribution >= 4 is 6.03 Å². The van der Waals surface area contributed by atoms with Crippen molar-refractivity contribution in [3.8, 4) is 5.75 Å². The minimum atomic E-state index is 0.0956. The lowest BCUT2D eigenvalue weighted by molar-refractivity contribution is 0.192. The Balaban J connectivity index is 1.28. The van der Waals surface area contributed by atoms with Crippen LogP contribution in [0, 0.1) is 17.8 Å². The van der Waals surface area contributed by atoms with Gasteiger partial charge >= 0.3 is 6.03 Å². The highest BCUT2D eigenvalue weighted by Crippen LogP contribution is 2.32. The van der Waals surface area contributed by atoms with E-state index < -0.39 is 0 Å². The summed E-state index contributed by atoms with van der Waals surface area (Å²) >= 11 is 0. The van der Waals surface area contributed by atoms with E-state index in [9.17, 15) is 4.79 Å². The van der Waals surface area contributed by atoms with Crippen LogP contribution in [0.15, 0.2) is 36.4 Å². The number of nitrogens with zero attached hydrogens (tertiary/aromatic N) is 1. The zero-order valence-corrected chi connectivity index (χ0v) is 13.4. The number of hydrogen-bond donors (Lipinski definition) is 1. The highest BCUT2D eigenvalue weighted by molar-refractivity contribution is 5.74. The van der Waals surface area contributed by atoms with E-state index in [0.29, 0.717) is 30.9 Å². The number of carbonyl (C=O) groups is 1. The summed E-state index contributed by atoms with van der Waals surface area (Å²) in [6, 6.07) is 8.27. The number of ether oxygens (including phenoxy) is 1. The summed E-state index contributed by atoms with van der Waals surface area (Å²) in [6.45, 7) is 3.19. The summed E-state index contributed by atoms with van der Waals surface area (Å²) < 4.78 is 5.80. The Hall–Kier alpha value is -1.97. The van der Waals surface area contributed by atoms with Crippen LogP contribution < -0.4 is 10.1 Å². The quantitative estimate of drug-likeness (QED) is 0.853. The van der Waals surface area contributed by atoms with Crippen LogP contribution in [-0.4, -0.2) is 37.2 Å². The van der Waals surface area contributed by atoms with E-state index in [4.69, 9.17) is 4.74 Å². The Morgan fingerprint density at radius 1 is 1.17 bits per heavy atom. The van der Waals surface area contributed by atoms with E-state index in [1.54, 1.807) is 0 Å². The van der Waals surface area contributed by atoms with Gasteiger partial charge in [0.15, 0.2) is 0 Å². The fourth-order valence-corrected chi connectivity index (χ4v) is 4.05. The number of para-hydroxylation sites is 1. The minimum Gasteiger partial charge on any atom is -0.493 e. The molecule has 4 nitrogen and oxygen atoms in total. The summed E-state index contributed by atoms with van der Waals surface area (Å²) in [7, 11) is 0. The van der Waals surface area contributed by atoms with Gasteiger partial charge in [0.2, 0.25) is 0 Å². The van der Waals surface area contributed by atoms with Gasteiger partial charge in [-0.2, -0.15) is 0 Å². The van der Waals surface area contributed by atoms with E-state index in [2.05, 4.69) is 23.5 Å². The maximum Gasteiger partial charge on any atom is 0.317 e. The van der Waals surface area contributed by atoms with Crippen LogP contribution in [0.25, 0.3) is 0 Å². The molecule has 3 atom stereocenters. The van der Waals surface area contributed by atoms with Crippen molar-refractivity contribution in [2.24, 2.45) is 17.8 Å². The van der Waals surface area contributed by atoms with Crippen molar-refractivity contribution in [1.29, 1.82) is 0 Å². The second-order valence-electron chi connectivity index (χ2n) is 7.04. The maximum absolute atomic E-state index is 12.4. The number of amides is 2. The molecule has 1 aromatic rings. The number of carbonyl (C=O) groups excluding carboxylic acids is 1. The number of urea groups is 1. The standard InChI is InChI=1S/C19H24N2O2/c22-19(21-11-16-6-1-2-7-17(16)12-21)20-10-14-9-15-5-3-4-8-18(15)23-13-14/h1-5,8,14,16-17H,6-7,9-13H2,(H,20,22)/t14-,16-,17+/m0/s1. The van der Waals surface area contributed by atoms with E-state index in [-0.39, 0.29) is 6.03 Å². The predicted octanol–water partition coefficient (Wildman–Crippen LogP) is 2.85. The van der Waals surface area contributed by atoms with Gasteiger partial charge in [0.1, 0.15) is 5.75 Å². The third-order valence-corrected chi connectivity index (χ3v) is 5.41. The first-order chi connectivity index (χ1) is 11.3. The lowest BCUT2D eigenvalue weighted by Crippen LogP contribution is -2.42. The number of hydrogen-bond acceptors (Lipinski definition) is 2. The summed E-state index contributed by atoms with van der Waals surface area (Å²) in [4.78, 5) is 14.4. The van der Waals surface area contributed by atoms with E-state index in [1.807, 2.05) is 23.1 Å². The number of allylic oxidation sites excluding steroid dienone is 2. The molecule has 1 aliphatic carbocycles. The number of nitrogens with one attached hydrogen (secondary N) is 1. The molecule has 3 aliphatic rings. The van der Waals surface area contributed by atoms with Crippen molar-refractivity contribution in [3.05, 3.63) is 42.0 Å². The highest BCUT2D eigenvalue weighted by atomic mass is 16.5. The Bertz CT molecular complexity index is 597. The molecule has 0 spiro atoms. The Labute approximate surface area is 137 Å². The molecule has 1 aromatic carbocycles. The van der Waals surface area contributed by atoms with Crippen molar-refractivity contribution in [3.63, 3.8) is 0 Å². The lowest BCUT2D eigenvalue weighted by Gasteiger charge is -2.26. The highest BCUT2D eigenvalue weighted by Gasteiger charge is 2.35. The molecule has 1 saturated heterocycles. The van der Waals surface area contributed by atoms with Crippen molar-refractivity contribution in [2.75, 3.05) is 26.2 Å². The SMILES string of the molecule is O=C(NC[C@H]1COc2ccccc2C1)N1C[C@H]2CC=CC[C@H]2C1. The maximum atomic E-state index is 12.4. The van der Waals surface area contributed by atoms with Gasteiger partial charge in [-0.3, -0.25) is 0 Å². The molecule has 2 amide bonds. The molecule has 23 heavy (non-hydrogen) atoms. The van der Waals surface area contributed by atoms with Crippen LogP contribution in [0.4, 0.5) is 4.79 Å². The zero-order chi connectivity index (χ0) is 15.6. The normalized spacial score (nSPS) is 28.7. The molecule has 0 saturated carbocycles. The van der Waals surface area contributed by atoms with Gasteiger partial charge in [-0.05, 0) is 42.7 Å². The molecule has 1 N–H and O–H groups in total. The van der Waals surface area contributed by atoms with E-state index in [1.165, 1.54) is 5.56 Å². The monoisotopic (exact) mass is 312 g/mol. The molecule has 122 valence electrons. The summed E-state index contributed by atoms with van der Waals surface area (Å²) in [6.07, 6.45) is 7.76. The second kappa shape index (κ2) is 6.26. The third kappa shape index (κ3) is 3.07. The topological polar surface area (TPSA) is 41.6 Å². The molecule has 0 radical (unpaired) electrons. The smallest absolute Gasteiger partial charge is 0.317 e. The van der Waals surface area contributed by atoms with Gasteiger partial charge in [-0.25, -0.2) is 4.79 Å². The third-order valence-electron chi connectivity index (χ3n) is 5.41. The molecule has 0 bridgehead atoms. The molecule has 1 fully saturated rings.